The molecule has 0 radical (unpaired) electrons. The van der Waals surface area contributed by atoms with Crippen molar-refractivity contribution in [2.24, 2.45) is 5.92 Å². The van der Waals surface area contributed by atoms with E-state index in [-0.39, 0.29) is 29.8 Å². The number of nitrogens with one attached hydrogen (secondary N) is 1. The number of carbonyl (C=O) groups excluding carboxylic acids is 1. The van der Waals surface area contributed by atoms with Crippen molar-refractivity contribution in [3.63, 3.8) is 0 Å². The third-order valence-corrected chi connectivity index (χ3v) is 7.27. The number of rotatable bonds is 6. The van der Waals surface area contributed by atoms with Crippen LogP contribution in [0.1, 0.15) is 12.8 Å². The molecule has 0 atom stereocenters. The van der Waals surface area contributed by atoms with Gasteiger partial charge in [0.1, 0.15) is 0 Å². The first-order valence-corrected chi connectivity index (χ1v) is 11.1. The van der Waals surface area contributed by atoms with Crippen molar-refractivity contribution in [1.82, 2.24) is 4.31 Å². The number of sulfonamides is 1. The van der Waals surface area contributed by atoms with Crippen LogP contribution in [0.2, 0.25) is 0 Å². The lowest BCUT2D eigenvalue weighted by Gasteiger charge is -2.30. The van der Waals surface area contributed by atoms with Crippen LogP contribution in [0.25, 0.3) is 0 Å². The van der Waals surface area contributed by atoms with E-state index in [0.29, 0.717) is 35.2 Å². The summed E-state index contributed by atoms with van der Waals surface area (Å²) in [7, 11) is -3.58. The van der Waals surface area contributed by atoms with Crippen LogP contribution in [0, 0.1) is 5.92 Å². The Morgan fingerprint density at radius 2 is 1.64 bits per heavy atom. The molecule has 2 aromatic rings. The summed E-state index contributed by atoms with van der Waals surface area (Å²) in [6.07, 6.45) is 0.754. The number of amides is 1. The van der Waals surface area contributed by atoms with E-state index in [4.69, 9.17) is 0 Å². The molecule has 1 aliphatic rings. The second kappa shape index (κ2) is 9.02. The Morgan fingerprint density at radius 1 is 1.04 bits per heavy atom. The molecule has 2 aromatic carbocycles. The van der Waals surface area contributed by atoms with Crippen LogP contribution in [0.5, 0.6) is 0 Å². The fourth-order valence-corrected chi connectivity index (χ4v) is 5.19. The maximum absolute atomic E-state index is 12.7. The molecule has 1 fully saturated rings. The van der Waals surface area contributed by atoms with Gasteiger partial charge in [-0.05, 0) is 37.1 Å². The van der Waals surface area contributed by atoms with Crippen LogP contribution in [0.15, 0.2) is 64.4 Å². The van der Waals surface area contributed by atoms with Gasteiger partial charge in [-0.1, -0.05) is 42.1 Å². The molecule has 28 heavy (non-hydrogen) atoms. The van der Waals surface area contributed by atoms with Crippen molar-refractivity contribution in [3.8, 4) is 0 Å². The highest BCUT2D eigenvalue weighted by molar-refractivity contribution is 7.99. The van der Waals surface area contributed by atoms with Crippen molar-refractivity contribution in [2.45, 2.75) is 28.4 Å². The lowest BCUT2D eigenvalue weighted by molar-refractivity contribution is -0.120. The molecule has 0 aliphatic carbocycles. The van der Waals surface area contributed by atoms with E-state index in [2.05, 4.69) is 5.32 Å². The molecule has 1 N–H and O–H groups in total. The maximum atomic E-state index is 12.7. The van der Waals surface area contributed by atoms with E-state index in [0.717, 1.165) is 0 Å². The SMILES string of the molecule is O=C(Nc1ccccc1SC(F)F)C1CCN(S(=O)(=O)c2ccccc2)CC1. The van der Waals surface area contributed by atoms with Crippen LogP contribution >= 0.6 is 11.8 Å². The topological polar surface area (TPSA) is 66.5 Å². The first kappa shape index (κ1) is 20.8. The van der Waals surface area contributed by atoms with Crippen molar-refractivity contribution in [1.29, 1.82) is 0 Å². The minimum atomic E-state index is -3.58. The monoisotopic (exact) mass is 426 g/mol. The molecule has 9 heteroatoms. The number of para-hydroxylation sites is 1. The first-order chi connectivity index (χ1) is 13.4. The number of hydrogen-bond donors (Lipinski definition) is 1. The first-order valence-electron chi connectivity index (χ1n) is 8.78. The molecule has 1 saturated heterocycles. The van der Waals surface area contributed by atoms with Gasteiger partial charge in [-0.25, -0.2) is 8.42 Å². The van der Waals surface area contributed by atoms with Crippen molar-refractivity contribution in [3.05, 3.63) is 54.6 Å². The summed E-state index contributed by atoms with van der Waals surface area (Å²) in [6, 6.07) is 14.6. The Bertz CT molecular complexity index is 916. The quantitative estimate of drug-likeness (QED) is 0.708. The molecular weight excluding hydrogens is 406 g/mol. The minimum absolute atomic E-state index is 0.232. The Labute approximate surface area is 167 Å². The third kappa shape index (κ3) is 4.89. The van der Waals surface area contributed by atoms with Crippen LogP contribution in [-0.2, 0) is 14.8 Å². The molecule has 1 aliphatic heterocycles. The smallest absolute Gasteiger partial charge is 0.288 e. The molecule has 3 rings (SSSR count). The molecule has 5 nitrogen and oxygen atoms in total. The summed E-state index contributed by atoms with van der Waals surface area (Å²) in [5, 5.41) is 2.71. The number of alkyl halides is 2. The Morgan fingerprint density at radius 3 is 2.29 bits per heavy atom. The highest BCUT2D eigenvalue weighted by Gasteiger charge is 2.32. The molecule has 1 amide bonds. The summed E-state index contributed by atoms with van der Waals surface area (Å²) in [6.45, 7) is 0.478. The van der Waals surface area contributed by atoms with Gasteiger partial charge in [-0.15, -0.1) is 0 Å². The number of piperidine rings is 1. The van der Waals surface area contributed by atoms with E-state index in [1.54, 1.807) is 48.5 Å². The number of benzene rings is 2. The van der Waals surface area contributed by atoms with E-state index in [1.165, 1.54) is 10.4 Å². The van der Waals surface area contributed by atoms with Crippen molar-refractivity contribution in [2.75, 3.05) is 18.4 Å². The lowest BCUT2D eigenvalue weighted by Crippen LogP contribution is -2.41. The zero-order chi connectivity index (χ0) is 20.1. The average Bonchev–Trinajstić information content (AvgIpc) is 2.70. The maximum Gasteiger partial charge on any atom is 0.288 e. The Hall–Kier alpha value is -1.97. The van der Waals surface area contributed by atoms with Gasteiger partial charge >= 0.3 is 0 Å². The predicted molar refractivity (Wildman–Crippen MR) is 105 cm³/mol. The van der Waals surface area contributed by atoms with Gasteiger partial charge in [0, 0.05) is 23.9 Å². The van der Waals surface area contributed by atoms with Gasteiger partial charge in [0.25, 0.3) is 5.76 Å². The highest BCUT2D eigenvalue weighted by Crippen LogP contribution is 2.32. The van der Waals surface area contributed by atoms with Gasteiger partial charge < -0.3 is 5.32 Å². The van der Waals surface area contributed by atoms with Crippen LogP contribution in [0.3, 0.4) is 0 Å². The Kier molecular flexibility index (Phi) is 6.69. The molecule has 0 saturated carbocycles. The molecule has 0 spiro atoms. The highest BCUT2D eigenvalue weighted by atomic mass is 32.2. The zero-order valence-corrected chi connectivity index (χ0v) is 16.6. The van der Waals surface area contributed by atoms with E-state index in [1.807, 2.05) is 0 Å². The fraction of sp³-hybridized carbons (Fsp3) is 0.316. The van der Waals surface area contributed by atoms with Gasteiger partial charge in [0.05, 0.1) is 10.6 Å². The number of thioether (sulfide) groups is 1. The van der Waals surface area contributed by atoms with Gasteiger partial charge in [0.2, 0.25) is 15.9 Å². The van der Waals surface area contributed by atoms with Gasteiger partial charge in [-0.2, -0.15) is 13.1 Å². The largest absolute Gasteiger partial charge is 0.325 e. The molecule has 150 valence electrons. The van der Waals surface area contributed by atoms with Gasteiger partial charge in [-0.3, -0.25) is 4.79 Å². The van der Waals surface area contributed by atoms with Crippen molar-refractivity contribution < 1.29 is 22.0 Å². The van der Waals surface area contributed by atoms with E-state index >= 15 is 0 Å². The third-order valence-electron chi connectivity index (χ3n) is 4.57. The molecule has 0 aromatic heterocycles. The molecular formula is C19H20F2N2O3S2. The summed E-state index contributed by atoms with van der Waals surface area (Å²) < 4.78 is 52.0. The number of carbonyl (C=O) groups is 1. The van der Waals surface area contributed by atoms with E-state index < -0.39 is 15.8 Å². The summed E-state index contributed by atoms with van der Waals surface area (Å²) in [4.78, 5) is 13.1. The van der Waals surface area contributed by atoms with Crippen LogP contribution in [-0.4, -0.2) is 37.5 Å². The molecule has 0 bridgehead atoms. The second-order valence-electron chi connectivity index (χ2n) is 6.36. The van der Waals surface area contributed by atoms with E-state index in [9.17, 15) is 22.0 Å². The average molecular weight is 427 g/mol. The number of nitrogens with zero attached hydrogens (tertiary/aromatic N) is 1. The van der Waals surface area contributed by atoms with Crippen LogP contribution < -0.4 is 5.32 Å². The number of halogens is 2. The zero-order valence-electron chi connectivity index (χ0n) is 14.9. The summed E-state index contributed by atoms with van der Waals surface area (Å²) in [5.74, 6) is -3.23. The predicted octanol–water partition coefficient (Wildman–Crippen LogP) is 4.04. The minimum Gasteiger partial charge on any atom is -0.325 e. The van der Waals surface area contributed by atoms with Gasteiger partial charge in [0.15, 0.2) is 0 Å². The summed E-state index contributed by atoms with van der Waals surface area (Å²) >= 11 is 0.379. The second-order valence-corrected chi connectivity index (χ2v) is 9.33. The lowest BCUT2D eigenvalue weighted by atomic mass is 9.97. The molecule has 1 heterocycles. The molecule has 0 unspecified atom stereocenters. The van der Waals surface area contributed by atoms with Crippen LogP contribution in [0.4, 0.5) is 14.5 Å². The Balaban J connectivity index is 1.62. The summed E-state index contributed by atoms with van der Waals surface area (Å²) in [5.41, 5.74) is 0.345. The normalized spacial score (nSPS) is 16.2. The van der Waals surface area contributed by atoms with Crippen molar-refractivity contribution >= 4 is 33.4 Å². The number of hydrogen-bond acceptors (Lipinski definition) is 4. The standard InChI is InChI=1S/C19H20F2N2O3S2/c20-19(21)27-17-9-5-4-8-16(17)22-18(24)14-10-12-23(13-11-14)28(25,26)15-6-2-1-3-7-15/h1-9,14,19H,10-13H2,(H,22,24). The fourth-order valence-electron chi connectivity index (χ4n) is 3.10. The number of anilines is 1.